The first-order chi connectivity index (χ1) is 36.2. The van der Waals surface area contributed by atoms with E-state index in [1.807, 2.05) is 6.92 Å². The highest BCUT2D eigenvalue weighted by Crippen LogP contribution is 2.80. The van der Waals surface area contributed by atoms with Gasteiger partial charge < -0.3 is 114 Å². The zero-order chi connectivity index (χ0) is 55.9. The van der Waals surface area contributed by atoms with Crippen LogP contribution >= 0.6 is 0 Å². The van der Waals surface area contributed by atoms with Gasteiger partial charge in [-0.25, -0.2) is 0 Å². The van der Waals surface area contributed by atoms with Gasteiger partial charge in [0.1, 0.15) is 97.8 Å². The van der Waals surface area contributed by atoms with Gasteiger partial charge in [0.2, 0.25) is 0 Å². The summed E-state index contributed by atoms with van der Waals surface area (Å²) in [4.78, 5) is 12.6. The molecular formula is C54H88O23. The molecule has 5 heterocycles. The van der Waals surface area contributed by atoms with Crippen LogP contribution in [-0.4, -0.2) is 240 Å². The van der Waals surface area contributed by atoms with Gasteiger partial charge in [0.05, 0.1) is 50.3 Å². The number of hydrogen-bond acceptors (Lipinski definition) is 23. The van der Waals surface area contributed by atoms with Crippen molar-refractivity contribution < 1.29 is 114 Å². The molecule has 0 aromatic rings. The van der Waals surface area contributed by atoms with E-state index in [0.29, 0.717) is 32.3 Å². The van der Waals surface area contributed by atoms with Crippen molar-refractivity contribution >= 4 is 6.29 Å². The molecule has 5 saturated carbocycles. The normalized spacial score (nSPS) is 58.3. The van der Waals surface area contributed by atoms with Gasteiger partial charge in [0.15, 0.2) is 25.2 Å². The summed E-state index contributed by atoms with van der Waals surface area (Å²) in [5.41, 5.74) is -2.95. The maximum absolute atomic E-state index is 12.6. The van der Waals surface area contributed by atoms with Crippen molar-refractivity contribution in [2.75, 3.05) is 26.4 Å². The lowest BCUT2D eigenvalue weighted by Crippen LogP contribution is -2.74. The second-order valence-corrected chi connectivity index (χ2v) is 26.7. The number of hydrogen-bond donors (Lipinski definition) is 13. The highest BCUT2D eigenvalue weighted by Gasteiger charge is 2.80. The molecular weight excluding hydrogens is 1020 g/mol. The molecule has 31 atom stereocenters. The molecule has 77 heavy (non-hydrogen) atoms. The largest absolute Gasteiger partial charge is 0.394 e. The first kappa shape index (κ1) is 59.0. The Morgan fingerprint density at radius 1 is 0.506 bits per heavy atom. The quantitative estimate of drug-likeness (QED) is 0.0732. The molecule has 0 amide bonds. The molecule has 10 aliphatic rings. The average Bonchev–Trinajstić information content (AvgIpc) is 3.76. The molecule has 0 aromatic heterocycles. The fourth-order valence-corrected chi connectivity index (χ4v) is 17.9. The summed E-state index contributed by atoms with van der Waals surface area (Å²) < 4.78 is 57.1. The third-order valence-electron chi connectivity index (χ3n) is 22.7. The molecule has 0 radical (unpaired) electrons. The summed E-state index contributed by atoms with van der Waals surface area (Å²) in [5, 5.41) is 143. The Balaban J connectivity index is 0.968. The molecule has 0 aromatic carbocycles. The smallest absolute Gasteiger partial charge is 0.187 e. The fourth-order valence-electron chi connectivity index (χ4n) is 17.9. The first-order valence-electron chi connectivity index (χ1n) is 28.1. The number of carbonyl (C=O) groups is 1. The second kappa shape index (κ2) is 20.8. The minimum atomic E-state index is -1.98. The van der Waals surface area contributed by atoms with Gasteiger partial charge in [-0.2, -0.15) is 0 Å². The lowest BCUT2D eigenvalue weighted by molar-refractivity contribution is -0.411. The van der Waals surface area contributed by atoms with Crippen molar-refractivity contribution in [3.05, 3.63) is 0 Å². The number of aliphatic hydroxyl groups excluding tert-OH is 13. The van der Waals surface area contributed by atoms with Crippen LogP contribution in [0.25, 0.3) is 0 Å². The molecule has 13 N–H and O–H groups in total. The molecule has 11 unspecified atom stereocenters. The van der Waals surface area contributed by atoms with Gasteiger partial charge in [-0.1, -0.05) is 41.5 Å². The molecule has 5 saturated heterocycles. The predicted octanol–water partition coefficient (Wildman–Crippen LogP) is -2.14. The summed E-state index contributed by atoms with van der Waals surface area (Å²) in [6.07, 6.45) is -27.5. The van der Waals surface area contributed by atoms with E-state index < -0.39 is 177 Å². The van der Waals surface area contributed by atoms with Crippen molar-refractivity contribution in [3.8, 4) is 0 Å². The summed E-state index contributed by atoms with van der Waals surface area (Å²) in [7, 11) is 0. The van der Waals surface area contributed by atoms with Crippen LogP contribution in [-0.2, 0) is 47.4 Å². The van der Waals surface area contributed by atoms with E-state index in [1.54, 1.807) is 0 Å². The van der Waals surface area contributed by atoms with E-state index >= 15 is 0 Å². The summed E-state index contributed by atoms with van der Waals surface area (Å²) >= 11 is 0. The lowest BCUT2D eigenvalue weighted by Gasteiger charge is -2.75. The predicted molar refractivity (Wildman–Crippen MR) is 261 cm³/mol. The van der Waals surface area contributed by atoms with Crippen LogP contribution < -0.4 is 0 Å². The van der Waals surface area contributed by atoms with Crippen LogP contribution in [0.5, 0.6) is 0 Å². The van der Waals surface area contributed by atoms with Crippen LogP contribution in [0.15, 0.2) is 0 Å². The second-order valence-electron chi connectivity index (χ2n) is 26.7. The number of aliphatic hydroxyl groups is 13. The Morgan fingerprint density at radius 2 is 1.05 bits per heavy atom. The molecule has 2 bridgehead atoms. The topological polar surface area (TPSA) is 363 Å². The number of fused-ring (bicyclic) bond motifs is 4. The highest BCUT2D eigenvalue weighted by molar-refractivity contribution is 5.59. The summed E-state index contributed by atoms with van der Waals surface area (Å²) in [5.74, 6) is 0.276. The van der Waals surface area contributed by atoms with E-state index in [9.17, 15) is 71.2 Å². The van der Waals surface area contributed by atoms with Crippen molar-refractivity contribution in [2.24, 2.45) is 50.2 Å². The summed E-state index contributed by atoms with van der Waals surface area (Å²) in [6.45, 7) is 12.8. The van der Waals surface area contributed by atoms with E-state index in [-0.39, 0.29) is 34.0 Å². The molecule has 23 nitrogen and oxygen atoms in total. The maximum atomic E-state index is 12.6. The molecule has 1 spiro atoms. The Hall–Kier alpha value is -1.21. The van der Waals surface area contributed by atoms with Crippen molar-refractivity contribution in [1.29, 1.82) is 0 Å². The zero-order valence-electron chi connectivity index (χ0n) is 45.3. The monoisotopic (exact) mass is 1100 g/mol. The van der Waals surface area contributed by atoms with Crippen molar-refractivity contribution in [2.45, 2.75) is 253 Å². The van der Waals surface area contributed by atoms with Crippen LogP contribution in [0.4, 0.5) is 0 Å². The van der Waals surface area contributed by atoms with Gasteiger partial charge >= 0.3 is 0 Å². The van der Waals surface area contributed by atoms with E-state index in [1.165, 1.54) is 6.92 Å². The first-order valence-corrected chi connectivity index (χ1v) is 28.1. The number of ether oxygens (including phenoxy) is 9. The van der Waals surface area contributed by atoms with E-state index in [0.717, 1.165) is 44.8 Å². The van der Waals surface area contributed by atoms with E-state index in [2.05, 4.69) is 34.6 Å². The minimum Gasteiger partial charge on any atom is -0.394 e. The minimum absolute atomic E-state index is 0.0394. The van der Waals surface area contributed by atoms with Crippen LogP contribution in [0.1, 0.15) is 113 Å². The standard InChI is InChI=1S/C54H88O23/c1-23-32(60)36(64)39(67)44(70-23)76-42-38(66)34(62)25(19-56)72-46(42)77-43-41(75-45-40(68)37(65)33(61)24(18-55)71-45)35(63)26(20-57)73-47(43)74-31-10-11-50(5)27(48(31,2)3)8-12-51(6)28(50)9-13-54-29-16-49(4,21-58)14-15-53(29,22-69-54)30(59)17-52(51,54)7/h21,23-47,55-57,59-68H,8-20,22H2,1-7H3/t23-,24-,25-,26-,27?,28?,29?,30?,31?,32-,33-,34-,35+,36-,37-,38-,39-,40-,41-,42-,43-,44+,45+,46+,47+,49?,50?,51?,52?,53?,54?/m1/s1. The highest BCUT2D eigenvalue weighted by atomic mass is 16.8. The molecule has 5 aliphatic heterocycles. The Kier molecular flexibility index (Phi) is 16.0. The van der Waals surface area contributed by atoms with Crippen LogP contribution in [0.3, 0.4) is 0 Å². The number of aldehydes is 1. The third kappa shape index (κ3) is 8.83. The van der Waals surface area contributed by atoms with Gasteiger partial charge in [-0.05, 0) is 105 Å². The summed E-state index contributed by atoms with van der Waals surface area (Å²) in [6, 6.07) is 0. The fraction of sp³-hybridized carbons (Fsp3) is 0.981. The Labute approximate surface area is 449 Å². The zero-order valence-corrected chi connectivity index (χ0v) is 45.3. The SMILES string of the molecule is C[C@H]1O[C@@H](O[C@H]2[C@H](O[C@H]3[C@H](OC4CCC5(C)C(CCC6(C)C5CCC57OCC8(CCC(C)(C=O)CC85)C(O)CC67C)C4(C)C)O[C@H](CO)[C@H](O)[C@H]3O[C@@H]3O[C@H](CO)[C@@H](O)[C@@H](O)[C@H]3O)O[C@H](CO)[C@@H](O)[C@H]2O)[C@H](O)[C@H](O)[C@@H]1O. The maximum Gasteiger partial charge on any atom is 0.187 e. The Bertz CT molecular complexity index is 2110. The molecule has 10 rings (SSSR count). The molecule has 23 heteroatoms. The number of rotatable bonds is 12. The van der Waals surface area contributed by atoms with Gasteiger partial charge in [-0.3, -0.25) is 0 Å². The lowest BCUT2D eigenvalue weighted by atomic mass is 9.30. The van der Waals surface area contributed by atoms with Gasteiger partial charge in [0.25, 0.3) is 0 Å². The molecule has 442 valence electrons. The van der Waals surface area contributed by atoms with Crippen LogP contribution in [0, 0.1) is 50.2 Å². The van der Waals surface area contributed by atoms with Crippen molar-refractivity contribution in [3.63, 3.8) is 0 Å². The molecule has 5 aliphatic carbocycles. The van der Waals surface area contributed by atoms with Gasteiger partial charge in [0, 0.05) is 16.2 Å². The molecule has 10 fully saturated rings. The van der Waals surface area contributed by atoms with Gasteiger partial charge in [-0.15, -0.1) is 0 Å². The Morgan fingerprint density at radius 3 is 1.69 bits per heavy atom. The van der Waals surface area contributed by atoms with Crippen LogP contribution in [0.2, 0.25) is 0 Å². The van der Waals surface area contributed by atoms with E-state index in [4.69, 9.17) is 42.6 Å². The average molecular weight is 1110 g/mol. The third-order valence-corrected chi connectivity index (χ3v) is 22.7. The number of carbonyl (C=O) groups excluding carboxylic acids is 1. The van der Waals surface area contributed by atoms with Crippen molar-refractivity contribution in [1.82, 2.24) is 0 Å².